The molecule has 5 aliphatic heterocycles. The second-order valence-corrected chi connectivity index (χ2v) is 15.4. The van der Waals surface area contributed by atoms with Crippen LogP contribution in [0.5, 0.6) is 5.88 Å². The van der Waals surface area contributed by atoms with Crippen LogP contribution in [0.15, 0.2) is 48.9 Å². The lowest BCUT2D eigenvalue weighted by Crippen LogP contribution is -2.53. The zero-order valence-electron chi connectivity index (χ0n) is 30.7. The van der Waals surface area contributed by atoms with Gasteiger partial charge in [0.1, 0.15) is 23.0 Å². The van der Waals surface area contributed by atoms with Gasteiger partial charge in [0, 0.05) is 93.4 Å². The molecule has 5 amide bonds. The molecule has 5 aliphatic rings. The van der Waals surface area contributed by atoms with Gasteiger partial charge in [-0.25, -0.2) is 14.5 Å². The number of nitrogens with one attached hydrogen (secondary N) is 2. The highest BCUT2D eigenvalue weighted by Gasteiger charge is 2.41. The number of nitrogens with zero attached hydrogens (tertiary/aromatic N) is 8. The summed E-state index contributed by atoms with van der Waals surface area (Å²) in [6.45, 7) is 9.13. The van der Waals surface area contributed by atoms with E-state index < -0.39 is 17.9 Å². The number of benzene rings is 1. The molecule has 1 atom stereocenters. The minimum atomic E-state index is -0.618. The van der Waals surface area contributed by atoms with Gasteiger partial charge in [-0.05, 0) is 69.0 Å². The topological polar surface area (TPSA) is 175 Å². The van der Waals surface area contributed by atoms with Crippen molar-refractivity contribution < 1.29 is 28.7 Å². The lowest BCUT2D eigenvalue weighted by Gasteiger charge is -2.45. The van der Waals surface area contributed by atoms with E-state index in [1.807, 2.05) is 30.9 Å². The lowest BCUT2D eigenvalue weighted by molar-refractivity contribution is -0.136. The first kappa shape index (κ1) is 34.8. The molecule has 4 aromatic rings. The van der Waals surface area contributed by atoms with Crippen molar-refractivity contribution in [1.29, 1.82) is 0 Å². The van der Waals surface area contributed by atoms with Gasteiger partial charge in [0.2, 0.25) is 17.7 Å². The molecule has 3 saturated heterocycles. The molecular weight excluding hydrogens is 704 g/mol. The number of amides is 5. The predicted octanol–water partition coefficient (Wildman–Crippen LogP) is 2.48. The number of ether oxygens (including phenoxy) is 1. The Morgan fingerprint density at radius 1 is 1.00 bits per heavy atom. The number of imide groups is 1. The average Bonchev–Trinajstić information content (AvgIpc) is 3.83. The highest BCUT2D eigenvalue weighted by molar-refractivity contribution is 6.09. The van der Waals surface area contributed by atoms with E-state index in [9.17, 15) is 24.0 Å². The van der Waals surface area contributed by atoms with E-state index in [1.165, 1.54) is 10.7 Å². The van der Waals surface area contributed by atoms with Gasteiger partial charge in [0.05, 0.1) is 12.3 Å². The van der Waals surface area contributed by atoms with Gasteiger partial charge in [-0.1, -0.05) is 0 Å². The van der Waals surface area contributed by atoms with E-state index in [0.29, 0.717) is 53.6 Å². The van der Waals surface area contributed by atoms with Crippen molar-refractivity contribution >= 4 is 46.6 Å². The molecule has 3 fully saturated rings. The van der Waals surface area contributed by atoms with E-state index >= 15 is 0 Å². The number of likely N-dealkylation sites (tertiary alicyclic amines) is 1. The van der Waals surface area contributed by atoms with Gasteiger partial charge in [0.15, 0.2) is 5.65 Å². The van der Waals surface area contributed by atoms with Crippen LogP contribution in [0.2, 0.25) is 0 Å². The fourth-order valence-electron chi connectivity index (χ4n) is 8.54. The Morgan fingerprint density at radius 2 is 1.80 bits per heavy atom. The number of hydrogen-bond acceptors (Lipinski definition) is 11. The third kappa shape index (κ3) is 6.43. The molecule has 55 heavy (non-hydrogen) atoms. The lowest BCUT2D eigenvalue weighted by atomic mass is 9.95. The van der Waals surface area contributed by atoms with Crippen LogP contribution in [0, 0.1) is 5.92 Å². The van der Waals surface area contributed by atoms with Crippen LogP contribution >= 0.6 is 0 Å². The molecule has 1 unspecified atom stereocenters. The minimum absolute atomic E-state index is 0.0852. The van der Waals surface area contributed by atoms with Crippen LogP contribution in [0.4, 0.5) is 11.4 Å². The summed E-state index contributed by atoms with van der Waals surface area (Å²) in [5.74, 6) is -0.644. The fraction of sp³-hybridized carbons (Fsp3) is 0.436. The first-order valence-electron chi connectivity index (χ1n) is 19.0. The second kappa shape index (κ2) is 13.7. The summed E-state index contributed by atoms with van der Waals surface area (Å²) < 4.78 is 7.52. The van der Waals surface area contributed by atoms with Crippen LogP contribution in [-0.4, -0.2) is 115 Å². The third-order valence-corrected chi connectivity index (χ3v) is 11.3. The summed E-state index contributed by atoms with van der Waals surface area (Å²) in [7, 11) is 0. The van der Waals surface area contributed by atoms with Gasteiger partial charge in [-0.15, -0.1) is 0 Å². The van der Waals surface area contributed by atoms with Crippen molar-refractivity contribution in [2.24, 2.45) is 5.92 Å². The Kier molecular flexibility index (Phi) is 8.71. The summed E-state index contributed by atoms with van der Waals surface area (Å²) in [4.78, 5) is 81.5. The molecule has 0 aliphatic carbocycles. The normalized spacial score (nSPS) is 20.6. The number of rotatable bonds is 9. The Morgan fingerprint density at radius 3 is 2.58 bits per heavy atom. The van der Waals surface area contributed by atoms with Crippen LogP contribution in [0.1, 0.15) is 81.9 Å². The molecular formula is C39H42N10O6. The van der Waals surface area contributed by atoms with Crippen molar-refractivity contribution in [1.82, 2.24) is 39.6 Å². The van der Waals surface area contributed by atoms with Crippen molar-refractivity contribution in [2.75, 3.05) is 42.9 Å². The summed E-state index contributed by atoms with van der Waals surface area (Å²) in [5, 5.41) is 9.51. The standard InChI is InChI=1S/C39H42N10O6/c1-22(2)55-37-30(42-35(51)29-16-41-49-11-3-10-40-34(29)49)15-25-21-47(39(54)33(25)44-37)26-8-12-45(13-9-26)17-23-18-46(19-23)27-4-5-28-24(14-27)20-48(38(28)53)31-6-7-32(50)43-36(31)52/h3-5,10-11,14-16,22-23,26,31H,6-9,12-13,17-21H2,1-2H3,(H,42,51)(H,43,50,52). The van der Waals surface area contributed by atoms with Gasteiger partial charge < -0.3 is 29.7 Å². The number of fused-ring (bicyclic) bond motifs is 3. The quantitative estimate of drug-likeness (QED) is 0.241. The summed E-state index contributed by atoms with van der Waals surface area (Å²) >= 11 is 0. The third-order valence-electron chi connectivity index (χ3n) is 11.3. The van der Waals surface area contributed by atoms with Crippen molar-refractivity contribution in [3.63, 3.8) is 0 Å². The molecule has 0 spiro atoms. The molecule has 0 radical (unpaired) electrons. The van der Waals surface area contributed by atoms with E-state index in [-0.39, 0.29) is 42.2 Å². The molecule has 2 N–H and O–H groups in total. The minimum Gasteiger partial charge on any atom is -0.473 e. The first-order valence-corrected chi connectivity index (χ1v) is 19.0. The number of piperidine rings is 2. The van der Waals surface area contributed by atoms with Crippen LogP contribution < -0.4 is 20.3 Å². The highest BCUT2D eigenvalue weighted by Crippen LogP contribution is 2.36. The molecule has 8 heterocycles. The molecule has 284 valence electrons. The number of aromatic nitrogens is 4. The fourth-order valence-corrected chi connectivity index (χ4v) is 8.54. The van der Waals surface area contributed by atoms with E-state index in [2.05, 4.69) is 41.6 Å². The largest absolute Gasteiger partial charge is 0.473 e. The maximum Gasteiger partial charge on any atom is 0.273 e. The Balaban J connectivity index is 0.787. The molecule has 0 bridgehead atoms. The summed E-state index contributed by atoms with van der Waals surface area (Å²) in [5.41, 5.74) is 4.88. The number of hydrogen-bond donors (Lipinski definition) is 2. The van der Waals surface area contributed by atoms with Crippen LogP contribution in [0.3, 0.4) is 0 Å². The maximum atomic E-state index is 13.7. The summed E-state index contributed by atoms with van der Waals surface area (Å²) in [6.07, 6.45) is 6.88. The van der Waals surface area contributed by atoms with Gasteiger partial charge in [-0.3, -0.25) is 29.3 Å². The van der Waals surface area contributed by atoms with Crippen LogP contribution in [0.25, 0.3) is 5.65 Å². The van der Waals surface area contributed by atoms with Gasteiger partial charge in [0.25, 0.3) is 17.7 Å². The Labute approximate surface area is 316 Å². The van der Waals surface area contributed by atoms with Crippen molar-refractivity contribution in [2.45, 2.75) is 70.8 Å². The summed E-state index contributed by atoms with van der Waals surface area (Å²) in [6, 6.07) is 8.92. The monoisotopic (exact) mass is 746 g/mol. The average molecular weight is 747 g/mol. The molecule has 16 heteroatoms. The Bertz CT molecular complexity index is 2240. The van der Waals surface area contributed by atoms with E-state index in [4.69, 9.17) is 4.74 Å². The van der Waals surface area contributed by atoms with E-state index in [1.54, 1.807) is 29.4 Å². The number of carbonyl (C=O) groups is 5. The Hall–Kier alpha value is -5.90. The highest BCUT2D eigenvalue weighted by atomic mass is 16.5. The number of pyridine rings is 1. The molecule has 3 aromatic heterocycles. The maximum absolute atomic E-state index is 13.7. The van der Waals surface area contributed by atoms with Crippen molar-refractivity contribution in [3.8, 4) is 5.88 Å². The second-order valence-electron chi connectivity index (χ2n) is 15.4. The van der Waals surface area contributed by atoms with Gasteiger partial charge in [-0.2, -0.15) is 5.10 Å². The zero-order chi connectivity index (χ0) is 38.0. The molecule has 1 aromatic carbocycles. The smallest absolute Gasteiger partial charge is 0.273 e. The number of anilines is 2. The van der Waals surface area contributed by atoms with E-state index in [0.717, 1.165) is 62.4 Å². The van der Waals surface area contributed by atoms with Crippen LogP contribution in [-0.2, 0) is 22.7 Å². The van der Waals surface area contributed by atoms with Gasteiger partial charge >= 0.3 is 0 Å². The van der Waals surface area contributed by atoms with Crippen molar-refractivity contribution in [3.05, 3.63) is 76.9 Å². The molecule has 16 nitrogen and oxygen atoms in total. The molecule has 9 rings (SSSR count). The SMILES string of the molecule is CC(C)Oc1nc2c(cc1NC(=O)c1cnn3cccnc13)CN(C1CCN(CC3CN(c4ccc5c(c4)CN(C4CCC(=O)NC4=O)C5=O)C3)CC1)C2=O. The number of carbonyl (C=O) groups excluding carboxylic acids is 5. The zero-order valence-corrected chi connectivity index (χ0v) is 30.7. The first-order chi connectivity index (χ1) is 26.6. The molecule has 0 saturated carbocycles. The predicted molar refractivity (Wildman–Crippen MR) is 198 cm³/mol.